The van der Waals surface area contributed by atoms with Gasteiger partial charge < -0.3 is 10.2 Å². The number of hydrogen-bond donors (Lipinski definition) is 1. The Morgan fingerprint density at radius 3 is 2.71 bits per heavy atom. The Morgan fingerprint density at radius 1 is 0.929 bits per heavy atom. The summed E-state index contributed by atoms with van der Waals surface area (Å²) in [6.07, 6.45) is 4.30. The lowest BCUT2D eigenvalue weighted by molar-refractivity contribution is 0.0989. The number of carbonyl (C=O) groups excluding carboxylic acids is 1. The Kier molecular flexibility index (Phi) is 3.98. The first-order valence-corrected chi connectivity index (χ1v) is 9.26. The van der Waals surface area contributed by atoms with Gasteiger partial charge in [-0.25, -0.2) is 4.98 Å². The third-order valence-corrected chi connectivity index (χ3v) is 5.04. The fourth-order valence-electron chi connectivity index (χ4n) is 3.64. The molecule has 0 saturated heterocycles. The van der Waals surface area contributed by atoms with Crippen LogP contribution < -0.4 is 10.2 Å². The SMILES string of the molecule is O=C(c1ccc(Nc2cccc3cccnc23)nc1)N1CCc2ccccc21. The number of fused-ring (bicyclic) bond motifs is 2. The van der Waals surface area contributed by atoms with E-state index in [1.807, 2.05) is 65.6 Å². The zero-order chi connectivity index (χ0) is 18.9. The molecule has 0 spiro atoms. The molecule has 0 bridgehead atoms. The summed E-state index contributed by atoms with van der Waals surface area (Å²) in [5.74, 6) is 0.660. The zero-order valence-electron chi connectivity index (χ0n) is 15.2. The Balaban J connectivity index is 1.38. The van der Waals surface area contributed by atoms with Crippen molar-refractivity contribution in [2.24, 2.45) is 0 Å². The molecular formula is C23H18N4O. The van der Waals surface area contributed by atoms with Crippen molar-refractivity contribution in [1.82, 2.24) is 9.97 Å². The molecule has 28 heavy (non-hydrogen) atoms. The highest BCUT2D eigenvalue weighted by molar-refractivity contribution is 6.07. The van der Waals surface area contributed by atoms with Crippen LogP contribution in [-0.2, 0) is 6.42 Å². The number of amides is 1. The highest BCUT2D eigenvalue weighted by Crippen LogP contribution is 2.29. The van der Waals surface area contributed by atoms with Crippen LogP contribution in [0, 0.1) is 0 Å². The molecule has 4 aromatic rings. The van der Waals surface area contributed by atoms with Gasteiger partial charge in [-0.2, -0.15) is 0 Å². The van der Waals surface area contributed by atoms with Gasteiger partial charge in [-0.05, 0) is 42.3 Å². The Bertz CT molecular complexity index is 1170. The maximum absolute atomic E-state index is 12.9. The molecule has 3 heterocycles. The van der Waals surface area contributed by atoms with Crippen molar-refractivity contribution >= 4 is 34.0 Å². The zero-order valence-corrected chi connectivity index (χ0v) is 15.2. The van der Waals surface area contributed by atoms with Crippen molar-refractivity contribution < 1.29 is 4.79 Å². The van der Waals surface area contributed by atoms with Gasteiger partial charge in [0.2, 0.25) is 0 Å². The van der Waals surface area contributed by atoms with Gasteiger partial charge in [0.1, 0.15) is 5.82 Å². The second-order valence-electron chi connectivity index (χ2n) is 6.77. The molecular weight excluding hydrogens is 348 g/mol. The summed E-state index contributed by atoms with van der Waals surface area (Å²) in [5, 5.41) is 4.36. The third kappa shape index (κ3) is 2.87. The van der Waals surface area contributed by atoms with Crippen LogP contribution in [0.25, 0.3) is 10.9 Å². The van der Waals surface area contributed by atoms with Gasteiger partial charge in [0, 0.05) is 30.0 Å². The summed E-state index contributed by atoms with van der Waals surface area (Å²) in [7, 11) is 0. The molecule has 5 rings (SSSR count). The molecule has 1 N–H and O–H groups in total. The highest BCUT2D eigenvalue weighted by Gasteiger charge is 2.25. The number of anilines is 3. The quantitative estimate of drug-likeness (QED) is 0.577. The summed E-state index contributed by atoms with van der Waals surface area (Å²) in [6, 6.07) is 21.6. The van der Waals surface area contributed by atoms with E-state index >= 15 is 0 Å². The molecule has 5 nitrogen and oxygen atoms in total. The first kappa shape index (κ1) is 16.4. The minimum atomic E-state index is -0.0178. The molecule has 0 saturated carbocycles. The van der Waals surface area contributed by atoms with E-state index in [9.17, 15) is 4.79 Å². The Hall–Kier alpha value is -3.73. The maximum Gasteiger partial charge on any atom is 0.259 e. The molecule has 0 radical (unpaired) electrons. The lowest BCUT2D eigenvalue weighted by atomic mass is 10.2. The first-order chi connectivity index (χ1) is 13.8. The van der Waals surface area contributed by atoms with Crippen LogP contribution in [0.15, 0.2) is 79.1 Å². The van der Waals surface area contributed by atoms with Crippen LogP contribution in [0.5, 0.6) is 0 Å². The van der Waals surface area contributed by atoms with Crippen molar-refractivity contribution in [3.8, 4) is 0 Å². The number of pyridine rings is 2. The smallest absolute Gasteiger partial charge is 0.259 e. The van der Waals surface area contributed by atoms with Gasteiger partial charge in [-0.15, -0.1) is 0 Å². The second-order valence-corrected chi connectivity index (χ2v) is 6.77. The van der Waals surface area contributed by atoms with E-state index in [0.717, 1.165) is 28.7 Å². The largest absolute Gasteiger partial charge is 0.338 e. The van der Waals surface area contributed by atoms with E-state index in [4.69, 9.17) is 0 Å². The molecule has 0 unspecified atom stereocenters. The normalized spacial score (nSPS) is 12.8. The van der Waals surface area contributed by atoms with Crippen molar-refractivity contribution in [1.29, 1.82) is 0 Å². The Labute approximate surface area is 162 Å². The first-order valence-electron chi connectivity index (χ1n) is 9.26. The molecule has 0 atom stereocenters. The van der Waals surface area contributed by atoms with Crippen molar-refractivity contribution in [3.05, 3.63) is 90.3 Å². The molecule has 2 aromatic carbocycles. The fraction of sp³-hybridized carbons (Fsp3) is 0.0870. The molecule has 0 aliphatic carbocycles. The molecule has 1 aliphatic rings. The second kappa shape index (κ2) is 6.78. The van der Waals surface area contributed by atoms with Gasteiger partial charge in [0.25, 0.3) is 5.91 Å². The average molecular weight is 366 g/mol. The van der Waals surface area contributed by atoms with Crippen LogP contribution in [0.1, 0.15) is 15.9 Å². The highest BCUT2D eigenvalue weighted by atomic mass is 16.2. The predicted molar refractivity (Wildman–Crippen MR) is 111 cm³/mol. The van der Waals surface area contributed by atoms with Crippen LogP contribution in [0.4, 0.5) is 17.2 Å². The predicted octanol–water partition coefficient (Wildman–Crippen LogP) is 4.58. The van der Waals surface area contributed by atoms with Gasteiger partial charge in [-0.1, -0.05) is 36.4 Å². The average Bonchev–Trinajstić information content (AvgIpc) is 3.18. The topological polar surface area (TPSA) is 58.1 Å². The number of nitrogens with zero attached hydrogens (tertiary/aromatic N) is 3. The maximum atomic E-state index is 12.9. The molecule has 5 heteroatoms. The molecule has 1 amide bonds. The fourth-order valence-corrected chi connectivity index (χ4v) is 3.64. The number of rotatable bonds is 3. The minimum Gasteiger partial charge on any atom is -0.338 e. The number of hydrogen-bond acceptors (Lipinski definition) is 4. The summed E-state index contributed by atoms with van der Waals surface area (Å²) in [4.78, 5) is 23.6. The van der Waals surface area contributed by atoms with Gasteiger partial charge in [0.15, 0.2) is 0 Å². The summed E-state index contributed by atoms with van der Waals surface area (Å²) in [5.41, 5.74) is 4.57. The van der Waals surface area contributed by atoms with Crippen molar-refractivity contribution in [2.45, 2.75) is 6.42 Å². The standard InChI is InChI=1S/C23H18N4O/c28-23(27-14-12-16-5-1-2-9-20(16)27)18-10-11-21(25-15-18)26-19-8-3-6-17-7-4-13-24-22(17)19/h1-11,13,15H,12,14H2,(H,25,26). The lowest BCUT2D eigenvalue weighted by Gasteiger charge is -2.17. The van der Waals surface area contributed by atoms with E-state index < -0.39 is 0 Å². The number of aromatic nitrogens is 2. The van der Waals surface area contributed by atoms with E-state index in [-0.39, 0.29) is 5.91 Å². The summed E-state index contributed by atoms with van der Waals surface area (Å²) >= 11 is 0. The number of para-hydroxylation sites is 2. The van der Waals surface area contributed by atoms with E-state index in [1.54, 1.807) is 12.4 Å². The van der Waals surface area contributed by atoms with E-state index in [0.29, 0.717) is 17.9 Å². The van der Waals surface area contributed by atoms with Crippen molar-refractivity contribution in [3.63, 3.8) is 0 Å². The van der Waals surface area contributed by atoms with E-state index in [1.165, 1.54) is 5.56 Å². The van der Waals surface area contributed by atoms with Gasteiger partial charge in [-0.3, -0.25) is 9.78 Å². The molecule has 0 fully saturated rings. The van der Waals surface area contributed by atoms with E-state index in [2.05, 4.69) is 21.4 Å². The van der Waals surface area contributed by atoms with Gasteiger partial charge in [0.05, 0.1) is 16.8 Å². The summed E-state index contributed by atoms with van der Waals surface area (Å²) in [6.45, 7) is 0.708. The summed E-state index contributed by atoms with van der Waals surface area (Å²) < 4.78 is 0. The molecule has 136 valence electrons. The van der Waals surface area contributed by atoms with Crippen LogP contribution >= 0.6 is 0 Å². The van der Waals surface area contributed by atoms with Crippen LogP contribution in [-0.4, -0.2) is 22.4 Å². The van der Waals surface area contributed by atoms with Crippen molar-refractivity contribution in [2.75, 3.05) is 16.8 Å². The van der Waals surface area contributed by atoms with Gasteiger partial charge >= 0.3 is 0 Å². The Morgan fingerprint density at radius 2 is 1.82 bits per heavy atom. The number of nitrogens with one attached hydrogen (secondary N) is 1. The van der Waals surface area contributed by atoms with Crippen LogP contribution in [0.3, 0.4) is 0 Å². The number of carbonyl (C=O) groups is 1. The van der Waals surface area contributed by atoms with Crippen LogP contribution in [0.2, 0.25) is 0 Å². The molecule has 1 aliphatic heterocycles. The number of benzene rings is 2. The third-order valence-electron chi connectivity index (χ3n) is 5.04. The lowest BCUT2D eigenvalue weighted by Crippen LogP contribution is -2.28. The minimum absolute atomic E-state index is 0.0178. The monoisotopic (exact) mass is 366 g/mol. The molecule has 2 aromatic heterocycles.